The molecule has 3 rings (SSSR count). The van der Waals surface area contributed by atoms with Crippen molar-refractivity contribution in [3.8, 4) is 5.69 Å². The summed E-state index contributed by atoms with van der Waals surface area (Å²) in [5, 5.41) is 7.38. The molecule has 0 aliphatic heterocycles. The highest BCUT2D eigenvalue weighted by atomic mass is 127. The van der Waals surface area contributed by atoms with Crippen LogP contribution in [0.3, 0.4) is 0 Å². The molecule has 0 radical (unpaired) electrons. The average molecular weight is 500 g/mol. The minimum atomic E-state index is -4.66. The summed E-state index contributed by atoms with van der Waals surface area (Å²) < 4.78 is 80.0. The largest absolute Gasteiger partial charge is 0.435 e. The number of hydrogen-bond acceptors (Lipinski definition) is 2. The molecule has 2 heterocycles. The molecule has 0 saturated carbocycles. The van der Waals surface area contributed by atoms with Crippen LogP contribution in [0.25, 0.3) is 5.69 Å². The van der Waals surface area contributed by atoms with Gasteiger partial charge in [0, 0.05) is 21.9 Å². The third-order valence-electron chi connectivity index (χ3n) is 3.61. The van der Waals surface area contributed by atoms with Gasteiger partial charge in [0.05, 0.1) is 11.9 Å². The van der Waals surface area contributed by atoms with E-state index in [1.165, 1.54) is 24.5 Å². The molecule has 0 atom stereocenters. The fourth-order valence-corrected chi connectivity index (χ4v) is 3.20. The number of benzene rings is 1. The maximum Gasteiger partial charge on any atom is 0.435 e. The molecule has 0 aliphatic carbocycles. The van der Waals surface area contributed by atoms with Gasteiger partial charge in [-0.25, -0.2) is 17.9 Å². The Kier molecular flexibility index (Phi) is 5.49. The molecule has 27 heavy (non-hydrogen) atoms. The smallest absolute Gasteiger partial charge is 0.267 e. The lowest BCUT2D eigenvalue weighted by atomic mass is 10.2. The topological polar surface area (TPSA) is 35.6 Å². The Morgan fingerprint density at radius 3 is 2.52 bits per heavy atom. The third-order valence-corrected chi connectivity index (χ3v) is 4.47. The summed E-state index contributed by atoms with van der Waals surface area (Å²) in [6, 6.07) is 4.50. The fraction of sp³-hybridized carbons (Fsp3) is 0.250. The van der Waals surface area contributed by atoms with Crippen LogP contribution in [0.1, 0.15) is 17.0 Å². The molecule has 0 bridgehead atoms. The minimum Gasteiger partial charge on any atom is -0.267 e. The van der Waals surface area contributed by atoms with Crippen LogP contribution < -0.4 is 0 Å². The van der Waals surface area contributed by atoms with Crippen molar-refractivity contribution in [2.45, 2.75) is 25.6 Å². The SMILES string of the molecule is Fc1ccc(-n2nc(C(F)(F)F)cc2Cc2cnn(CC(F)F)c2)c(I)c1. The van der Waals surface area contributed by atoms with Crippen molar-refractivity contribution in [2.75, 3.05) is 0 Å². The number of halogens is 7. The lowest BCUT2D eigenvalue weighted by Crippen LogP contribution is -2.09. The summed E-state index contributed by atoms with van der Waals surface area (Å²) in [7, 11) is 0. The normalized spacial score (nSPS) is 12.1. The molecule has 1 aromatic carbocycles. The van der Waals surface area contributed by atoms with E-state index in [4.69, 9.17) is 0 Å². The molecule has 144 valence electrons. The van der Waals surface area contributed by atoms with E-state index in [0.29, 0.717) is 9.13 Å². The van der Waals surface area contributed by atoms with E-state index in [0.717, 1.165) is 21.5 Å². The van der Waals surface area contributed by atoms with Gasteiger partial charge in [-0.05, 0) is 52.4 Å². The maximum atomic E-state index is 13.3. The van der Waals surface area contributed by atoms with Crippen LogP contribution >= 0.6 is 22.6 Å². The van der Waals surface area contributed by atoms with Crippen molar-refractivity contribution < 1.29 is 26.3 Å². The summed E-state index contributed by atoms with van der Waals surface area (Å²) >= 11 is 1.80. The molecule has 0 unspecified atom stereocenters. The molecule has 0 fully saturated rings. The lowest BCUT2D eigenvalue weighted by Gasteiger charge is -2.09. The fourth-order valence-electron chi connectivity index (χ4n) is 2.49. The molecule has 0 amide bonds. The summed E-state index contributed by atoms with van der Waals surface area (Å²) in [6.07, 6.45) is -4.62. The van der Waals surface area contributed by atoms with Gasteiger partial charge in [-0.15, -0.1) is 0 Å². The second kappa shape index (κ2) is 7.52. The van der Waals surface area contributed by atoms with Crippen molar-refractivity contribution in [3.63, 3.8) is 0 Å². The molecule has 2 aromatic heterocycles. The van der Waals surface area contributed by atoms with Gasteiger partial charge in [-0.2, -0.15) is 23.4 Å². The van der Waals surface area contributed by atoms with Crippen LogP contribution in [-0.4, -0.2) is 26.0 Å². The van der Waals surface area contributed by atoms with Gasteiger partial charge < -0.3 is 0 Å². The van der Waals surface area contributed by atoms with E-state index >= 15 is 0 Å². The molecule has 4 nitrogen and oxygen atoms in total. The quantitative estimate of drug-likeness (QED) is 0.377. The van der Waals surface area contributed by atoms with Crippen LogP contribution in [0.5, 0.6) is 0 Å². The Hall–Kier alpha value is -2.05. The summed E-state index contributed by atoms with van der Waals surface area (Å²) in [4.78, 5) is 0. The number of nitrogens with zero attached hydrogens (tertiary/aromatic N) is 4. The third kappa shape index (κ3) is 4.62. The first-order valence-corrected chi connectivity index (χ1v) is 8.62. The average Bonchev–Trinajstić information content (AvgIpc) is 3.14. The van der Waals surface area contributed by atoms with Gasteiger partial charge in [-0.3, -0.25) is 4.68 Å². The predicted octanol–water partition coefficient (Wildman–Crippen LogP) is 4.69. The zero-order valence-corrected chi connectivity index (χ0v) is 15.5. The van der Waals surface area contributed by atoms with Crippen LogP contribution in [0.4, 0.5) is 26.3 Å². The Balaban J connectivity index is 2.00. The van der Waals surface area contributed by atoms with Crippen molar-refractivity contribution in [3.05, 3.63) is 63.0 Å². The zero-order chi connectivity index (χ0) is 19.8. The zero-order valence-electron chi connectivity index (χ0n) is 13.4. The highest BCUT2D eigenvalue weighted by Gasteiger charge is 2.35. The van der Waals surface area contributed by atoms with E-state index in [-0.39, 0.29) is 17.8 Å². The standard InChI is InChI=1S/C16H11F6IN4/c17-10-1-2-13(12(23)4-10)27-11(5-14(25-27)16(20,21)22)3-9-6-24-26(7-9)8-15(18)19/h1-2,4-7,15H,3,8H2. The molecule has 0 saturated heterocycles. The van der Waals surface area contributed by atoms with Gasteiger partial charge in [0.1, 0.15) is 12.4 Å². The first-order valence-electron chi connectivity index (χ1n) is 7.54. The van der Waals surface area contributed by atoms with Crippen LogP contribution in [0, 0.1) is 9.39 Å². The molecule has 0 aliphatic rings. The monoisotopic (exact) mass is 500 g/mol. The highest BCUT2D eigenvalue weighted by Crippen LogP contribution is 2.31. The molecular weight excluding hydrogens is 489 g/mol. The number of hydrogen-bond donors (Lipinski definition) is 0. The number of alkyl halides is 5. The van der Waals surface area contributed by atoms with E-state index in [1.807, 2.05) is 0 Å². The first-order chi connectivity index (χ1) is 12.6. The van der Waals surface area contributed by atoms with Crippen LogP contribution in [0.15, 0.2) is 36.7 Å². The molecule has 11 heteroatoms. The van der Waals surface area contributed by atoms with Gasteiger partial charge in [0.25, 0.3) is 6.43 Å². The Bertz CT molecular complexity index is 947. The van der Waals surface area contributed by atoms with Crippen molar-refractivity contribution in [1.82, 2.24) is 19.6 Å². The summed E-state index contributed by atoms with van der Waals surface area (Å²) in [6.45, 7) is -0.608. The molecule has 0 N–H and O–H groups in total. The minimum absolute atomic E-state index is 0.0141. The van der Waals surface area contributed by atoms with Gasteiger partial charge in [0.2, 0.25) is 0 Å². The summed E-state index contributed by atoms with van der Waals surface area (Å²) in [5.41, 5.74) is -0.203. The number of rotatable bonds is 5. The second-order valence-corrected chi connectivity index (χ2v) is 6.83. The lowest BCUT2D eigenvalue weighted by molar-refractivity contribution is -0.141. The molecule has 3 aromatic rings. The van der Waals surface area contributed by atoms with Gasteiger partial charge in [0.15, 0.2) is 5.69 Å². The number of aromatic nitrogens is 4. The Labute approximate surface area is 162 Å². The second-order valence-electron chi connectivity index (χ2n) is 5.66. The van der Waals surface area contributed by atoms with E-state index in [9.17, 15) is 26.3 Å². The van der Waals surface area contributed by atoms with Gasteiger partial charge in [-0.1, -0.05) is 0 Å². The maximum absolute atomic E-state index is 13.3. The van der Waals surface area contributed by atoms with Crippen LogP contribution in [-0.2, 0) is 19.1 Å². The van der Waals surface area contributed by atoms with E-state index in [2.05, 4.69) is 10.2 Å². The first kappa shape index (κ1) is 19.7. The van der Waals surface area contributed by atoms with Gasteiger partial charge >= 0.3 is 6.18 Å². The van der Waals surface area contributed by atoms with E-state index < -0.39 is 30.7 Å². The highest BCUT2D eigenvalue weighted by molar-refractivity contribution is 14.1. The van der Waals surface area contributed by atoms with E-state index in [1.54, 1.807) is 22.6 Å². The molecule has 0 spiro atoms. The van der Waals surface area contributed by atoms with Crippen molar-refractivity contribution >= 4 is 22.6 Å². The Morgan fingerprint density at radius 2 is 1.89 bits per heavy atom. The predicted molar refractivity (Wildman–Crippen MR) is 92.3 cm³/mol. The molecular formula is C16H11F6IN4. The van der Waals surface area contributed by atoms with Crippen LogP contribution in [0.2, 0.25) is 0 Å². The van der Waals surface area contributed by atoms with Crippen molar-refractivity contribution in [2.24, 2.45) is 0 Å². The van der Waals surface area contributed by atoms with Crippen molar-refractivity contribution in [1.29, 1.82) is 0 Å². The summed E-state index contributed by atoms with van der Waals surface area (Å²) in [5.74, 6) is -0.527. The Morgan fingerprint density at radius 1 is 1.15 bits per heavy atom.